The Balaban J connectivity index is 0.00000320. The number of benzene rings is 1. The second kappa shape index (κ2) is 13.8. The van der Waals surface area contributed by atoms with Crippen LogP contribution in [0.2, 0.25) is 0 Å². The average molecular weight is 529 g/mol. The molecule has 8 heteroatoms. The molecule has 2 saturated heterocycles. The van der Waals surface area contributed by atoms with Gasteiger partial charge in [0.05, 0.1) is 6.10 Å². The van der Waals surface area contributed by atoms with Crippen LogP contribution in [0.3, 0.4) is 0 Å². The number of nitrogens with zero attached hydrogens (tertiary/aromatic N) is 2. The predicted octanol–water partition coefficient (Wildman–Crippen LogP) is 2.36. The van der Waals surface area contributed by atoms with E-state index in [1.807, 2.05) is 24.3 Å². The van der Waals surface area contributed by atoms with E-state index in [-0.39, 0.29) is 36.0 Å². The van der Waals surface area contributed by atoms with Crippen LogP contribution >= 0.6 is 24.0 Å². The first-order valence-corrected chi connectivity index (χ1v) is 10.9. The maximum Gasteiger partial charge on any atom is 0.251 e. The molecule has 2 heterocycles. The van der Waals surface area contributed by atoms with Gasteiger partial charge in [0.1, 0.15) is 0 Å². The number of hydrogen-bond acceptors (Lipinski definition) is 4. The number of guanidine groups is 1. The number of piperidine rings is 1. The van der Waals surface area contributed by atoms with E-state index in [4.69, 9.17) is 4.74 Å². The standard InChI is InChI=1S/C22H35N5O2.HI/c1-23-22(24-10-13-27-11-3-2-4-12-27)26-16-18-7-5-8-19(15-18)21(28)25-17-20-9-6-14-29-20;/h5,7-8,15,20H,2-4,6,9-14,16-17H2,1H3,(H,25,28)(H2,23,24,26);1H. The molecule has 0 aromatic heterocycles. The number of hydrogen-bond donors (Lipinski definition) is 3. The van der Waals surface area contributed by atoms with Crippen molar-refractivity contribution in [1.82, 2.24) is 20.9 Å². The molecule has 1 unspecified atom stereocenters. The fourth-order valence-electron chi connectivity index (χ4n) is 3.86. The predicted molar refractivity (Wildman–Crippen MR) is 132 cm³/mol. The van der Waals surface area contributed by atoms with E-state index >= 15 is 0 Å². The smallest absolute Gasteiger partial charge is 0.251 e. The monoisotopic (exact) mass is 529 g/mol. The lowest BCUT2D eigenvalue weighted by Gasteiger charge is -2.26. The molecule has 30 heavy (non-hydrogen) atoms. The van der Waals surface area contributed by atoms with E-state index in [0.717, 1.165) is 44.1 Å². The lowest BCUT2D eigenvalue weighted by molar-refractivity contribution is 0.0857. The lowest BCUT2D eigenvalue weighted by atomic mass is 10.1. The summed E-state index contributed by atoms with van der Waals surface area (Å²) < 4.78 is 5.56. The number of amides is 1. The van der Waals surface area contributed by atoms with Crippen LogP contribution < -0.4 is 16.0 Å². The molecule has 168 valence electrons. The van der Waals surface area contributed by atoms with Gasteiger partial charge in [-0.1, -0.05) is 18.6 Å². The summed E-state index contributed by atoms with van der Waals surface area (Å²) in [6.07, 6.45) is 6.24. The molecule has 2 aliphatic heterocycles. The van der Waals surface area contributed by atoms with E-state index in [9.17, 15) is 4.79 Å². The van der Waals surface area contributed by atoms with E-state index in [1.54, 1.807) is 7.05 Å². The summed E-state index contributed by atoms with van der Waals surface area (Å²) in [5.74, 6) is 0.738. The summed E-state index contributed by atoms with van der Waals surface area (Å²) in [4.78, 5) is 19.2. The summed E-state index contributed by atoms with van der Waals surface area (Å²) in [6, 6.07) is 7.72. The summed E-state index contributed by atoms with van der Waals surface area (Å²) >= 11 is 0. The number of likely N-dealkylation sites (tertiary alicyclic amines) is 1. The zero-order valence-electron chi connectivity index (χ0n) is 18.0. The van der Waals surface area contributed by atoms with Crippen molar-refractivity contribution in [2.45, 2.75) is 44.8 Å². The second-order valence-electron chi connectivity index (χ2n) is 7.80. The molecule has 0 aliphatic carbocycles. The Bertz CT molecular complexity index is 673. The Morgan fingerprint density at radius 3 is 2.73 bits per heavy atom. The quantitative estimate of drug-likeness (QED) is 0.274. The van der Waals surface area contributed by atoms with Gasteiger partial charge < -0.3 is 25.6 Å². The van der Waals surface area contributed by atoms with Gasteiger partial charge in [0.15, 0.2) is 5.96 Å². The van der Waals surface area contributed by atoms with Gasteiger partial charge >= 0.3 is 0 Å². The van der Waals surface area contributed by atoms with Crippen LogP contribution in [-0.4, -0.2) is 69.2 Å². The van der Waals surface area contributed by atoms with Crippen LogP contribution in [0.4, 0.5) is 0 Å². The van der Waals surface area contributed by atoms with Crippen molar-refractivity contribution >= 4 is 35.8 Å². The molecule has 0 bridgehead atoms. The van der Waals surface area contributed by atoms with Crippen LogP contribution in [0, 0.1) is 0 Å². The van der Waals surface area contributed by atoms with E-state index in [2.05, 4.69) is 25.8 Å². The van der Waals surface area contributed by atoms with Gasteiger partial charge in [-0.25, -0.2) is 0 Å². The highest BCUT2D eigenvalue weighted by atomic mass is 127. The largest absolute Gasteiger partial charge is 0.376 e. The number of rotatable bonds is 8. The Morgan fingerprint density at radius 2 is 2.00 bits per heavy atom. The molecule has 3 N–H and O–H groups in total. The van der Waals surface area contributed by atoms with Crippen molar-refractivity contribution in [1.29, 1.82) is 0 Å². The second-order valence-corrected chi connectivity index (χ2v) is 7.80. The average Bonchev–Trinajstić information content (AvgIpc) is 3.29. The Hall–Kier alpha value is -1.39. The normalized spacial score (nSPS) is 19.8. The summed E-state index contributed by atoms with van der Waals surface area (Å²) in [5, 5.41) is 9.69. The van der Waals surface area contributed by atoms with Crippen LogP contribution in [0.25, 0.3) is 0 Å². The van der Waals surface area contributed by atoms with Gasteiger partial charge in [-0.3, -0.25) is 9.79 Å². The molecular formula is C22H36IN5O2. The van der Waals surface area contributed by atoms with Crippen LogP contribution in [0.1, 0.15) is 48.0 Å². The van der Waals surface area contributed by atoms with Gasteiger partial charge in [-0.2, -0.15) is 0 Å². The van der Waals surface area contributed by atoms with Gasteiger partial charge in [0.25, 0.3) is 5.91 Å². The first-order chi connectivity index (χ1) is 14.2. The first-order valence-electron chi connectivity index (χ1n) is 10.9. The molecular weight excluding hydrogens is 493 g/mol. The zero-order valence-corrected chi connectivity index (χ0v) is 20.3. The Kier molecular flexibility index (Phi) is 11.5. The highest BCUT2D eigenvalue weighted by molar-refractivity contribution is 14.0. The summed E-state index contributed by atoms with van der Waals surface area (Å²) in [6.45, 7) is 6.33. The topological polar surface area (TPSA) is 78.0 Å². The minimum absolute atomic E-state index is 0. The first kappa shape index (κ1) is 24.9. The van der Waals surface area contributed by atoms with Crippen LogP contribution in [0.5, 0.6) is 0 Å². The summed E-state index contributed by atoms with van der Waals surface area (Å²) in [5.41, 5.74) is 1.73. The molecule has 7 nitrogen and oxygen atoms in total. The Morgan fingerprint density at radius 1 is 1.17 bits per heavy atom. The number of halogens is 1. The number of aliphatic imine (C=N–C) groups is 1. The minimum atomic E-state index is -0.0496. The SMILES string of the molecule is CN=C(NCCN1CCCCC1)NCc1cccc(C(=O)NCC2CCCO2)c1.I. The van der Waals surface area contributed by atoms with Gasteiger partial charge in [0, 0.05) is 45.4 Å². The Labute approximate surface area is 197 Å². The maximum absolute atomic E-state index is 12.4. The van der Waals surface area contributed by atoms with E-state index in [0.29, 0.717) is 18.7 Å². The van der Waals surface area contributed by atoms with Crippen LogP contribution in [-0.2, 0) is 11.3 Å². The molecule has 1 aromatic rings. The third-order valence-corrected chi connectivity index (χ3v) is 5.56. The molecule has 1 amide bonds. The van der Waals surface area contributed by atoms with Gasteiger partial charge in [-0.15, -0.1) is 24.0 Å². The number of carbonyl (C=O) groups excluding carboxylic acids is 1. The lowest BCUT2D eigenvalue weighted by Crippen LogP contribution is -2.42. The third-order valence-electron chi connectivity index (χ3n) is 5.56. The fourth-order valence-corrected chi connectivity index (χ4v) is 3.86. The third kappa shape index (κ3) is 8.39. The van der Waals surface area contributed by atoms with Crippen molar-refractivity contribution in [3.8, 4) is 0 Å². The van der Waals surface area contributed by atoms with E-state index in [1.165, 1.54) is 32.4 Å². The molecule has 1 atom stereocenters. The fraction of sp³-hybridized carbons (Fsp3) is 0.636. The molecule has 2 aliphatic rings. The molecule has 0 spiro atoms. The highest BCUT2D eigenvalue weighted by Gasteiger charge is 2.16. The van der Waals surface area contributed by atoms with Crippen LogP contribution in [0.15, 0.2) is 29.3 Å². The molecule has 0 saturated carbocycles. The van der Waals surface area contributed by atoms with Crippen molar-refractivity contribution < 1.29 is 9.53 Å². The van der Waals surface area contributed by atoms with Gasteiger partial charge in [-0.05, 0) is 56.5 Å². The molecule has 2 fully saturated rings. The van der Waals surface area contributed by atoms with Crippen molar-refractivity contribution in [2.24, 2.45) is 4.99 Å². The minimum Gasteiger partial charge on any atom is -0.376 e. The number of ether oxygens (including phenoxy) is 1. The maximum atomic E-state index is 12.4. The molecule has 3 rings (SSSR count). The zero-order chi connectivity index (χ0) is 20.3. The molecule has 0 radical (unpaired) electrons. The highest BCUT2D eigenvalue weighted by Crippen LogP contribution is 2.11. The summed E-state index contributed by atoms with van der Waals surface area (Å²) in [7, 11) is 1.78. The van der Waals surface area contributed by atoms with Crippen molar-refractivity contribution in [3.63, 3.8) is 0 Å². The van der Waals surface area contributed by atoms with Crippen molar-refractivity contribution in [2.75, 3.05) is 46.4 Å². The van der Waals surface area contributed by atoms with Gasteiger partial charge in [0.2, 0.25) is 0 Å². The number of nitrogens with one attached hydrogen (secondary N) is 3. The van der Waals surface area contributed by atoms with Crippen molar-refractivity contribution in [3.05, 3.63) is 35.4 Å². The number of carbonyl (C=O) groups is 1. The van der Waals surface area contributed by atoms with E-state index < -0.39 is 0 Å². The molecule has 1 aromatic carbocycles.